The number of urea groups is 1. The lowest BCUT2D eigenvalue weighted by molar-refractivity contribution is -0.141. The van der Waals surface area contributed by atoms with Gasteiger partial charge in [0, 0.05) is 6.54 Å². The molecule has 6 nitrogen and oxygen atoms in total. The van der Waals surface area contributed by atoms with Crippen LogP contribution in [0, 0.1) is 5.92 Å². The second-order valence-corrected chi connectivity index (χ2v) is 4.76. The second kappa shape index (κ2) is 7.92. The zero-order chi connectivity index (χ0) is 13.4. The Bertz CT molecular complexity index is 278. The van der Waals surface area contributed by atoms with Crippen LogP contribution < -0.4 is 16.4 Å². The first-order chi connectivity index (χ1) is 8.65. The monoisotopic (exact) mass is 257 g/mol. The molecule has 6 heteroatoms. The van der Waals surface area contributed by atoms with Gasteiger partial charge < -0.3 is 21.5 Å². The van der Waals surface area contributed by atoms with Crippen molar-refractivity contribution in [2.24, 2.45) is 11.7 Å². The molecule has 0 heterocycles. The number of carbonyl (C=O) groups excluding carboxylic acids is 1. The van der Waals surface area contributed by atoms with Crippen LogP contribution in [0.15, 0.2) is 0 Å². The Morgan fingerprint density at radius 2 is 1.94 bits per heavy atom. The minimum Gasteiger partial charge on any atom is -0.480 e. The van der Waals surface area contributed by atoms with Gasteiger partial charge in [0.05, 0.1) is 0 Å². The number of nitrogens with one attached hydrogen (secondary N) is 2. The van der Waals surface area contributed by atoms with Crippen LogP contribution in [-0.2, 0) is 4.79 Å². The van der Waals surface area contributed by atoms with Crippen molar-refractivity contribution in [2.45, 2.75) is 44.6 Å². The van der Waals surface area contributed by atoms with Crippen molar-refractivity contribution in [2.75, 3.05) is 13.1 Å². The van der Waals surface area contributed by atoms with Gasteiger partial charge in [-0.3, -0.25) is 0 Å². The van der Waals surface area contributed by atoms with E-state index in [4.69, 9.17) is 5.73 Å². The van der Waals surface area contributed by atoms with Crippen LogP contribution in [0.4, 0.5) is 4.79 Å². The van der Waals surface area contributed by atoms with E-state index >= 15 is 0 Å². The highest BCUT2D eigenvalue weighted by molar-refractivity contribution is 5.82. The summed E-state index contributed by atoms with van der Waals surface area (Å²) in [6.07, 6.45) is 5.69. The summed E-state index contributed by atoms with van der Waals surface area (Å²) in [5.74, 6) is -0.896. The van der Waals surface area contributed by atoms with E-state index in [0.717, 1.165) is 32.1 Å². The number of rotatable bonds is 6. The smallest absolute Gasteiger partial charge is 0.326 e. The van der Waals surface area contributed by atoms with Crippen LogP contribution in [0.5, 0.6) is 0 Å². The van der Waals surface area contributed by atoms with E-state index in [-0.39, 0.29) is 5.92 Å². The van der Waals surface area contributed by atoms with Crippen LogP contribution in [0.3, 0.4) is 0 Å². The summed E-state index contributed by atoms with van der Waals surface area (Å²) >= 11 is 0. The maximum absolute atomic E-state index is 11.5. The number of hydrogen-bond donors (Lipinski definition) is 4. The summed E-state index contributed by atoms with van der Waals surface area (Å²) < 4.78 is 0. The highest BCUT2D eigenvalue weighted by Crippen LogP contribution is 2.26. The van der Waals surface area contributed by atoms with Crippen molar-refractivity contribution in [3.8, 4) is 0 Å². The highest BCUT2D eigenvalue weighted by atomic mass is 16.4. The Kier molecular flexibility index (Phi) is 6.49. The molecule has 1 fully saturated rings. The number of carbonyl (C=O) groups is 2. The number of hydrogen-bond acceptors (Lipinski definition) is 3. The van der Waals surface area contributed by atoms with Gasteiger partial charge in [-0.15, -0.1) is 0 Å². The third-order valence-corrected chi connectivity index (χ3v) is 3.34. The number of nitrogens with two attached hydrogens (primary N) is 1. The molecule has 0 radical (unpaired) electrons. The molecule has 0 aliphatic heterocycles. The summed E-state index contributed by atoms with van der Waals surface area (Å²) in [5, 5.41) is 14.4. The van der Waals surface area contributed by atoms with Gasteiger partial charge in [-0.05, 0) is 31.7 Å². The topological polar surface area (TPSA) is 104 Å². The lowest BCUT2D eigenvalue weighted by Gasteiger charge is -2.28. The third kappa shape index (κ3) is 4.91. The van der Waals surface area contributed by atoms with Crippen molar-refractivity contribution in [1.29, 1.82) is 0 Å². The average Bonchev–Trinajstić information content (AvgIpc) is 2.37. The first kappa shape index (κ1) is 14.8. The second-order valence-electron chi connectivity index (χ2n) is 4.76. The molecule has 1 unspecified atom stereocenters. The van der Waals surface area contributed by atoms with Crippen molar-refractivity contribution in [3.05, 3.63) is 0 Å². The number of carboxylic acids is 1. The average molecular weight is 257 g/mol. The van der Waals surface area contributed by atoms with Crippen LogP contribution >= 0.6 is 0 Å². The van der Waals surface area contributed by atoms with E-state index in [1.165, 1.54) is 0 Å². The summed E-state index contributed by atoms with van der Waals surface area (Å²) in [6, 6.07) is -1.19. The predicted molar refractivity (Wildman–Crippen MR) is 68.2 cm³/mol. The molecule has 1 aliphatic rings. The molecule has 0 bridgehead atoms. The first-order valence-electron chi connectivity index (χ1n) is 6.62. The summed E-state index contributed by atoms with van der Waals surface area (Å²) in [4.78, 5) is 22.8. The summed E-state index contributed by atoms with van der Waals surface area (Å²) in [5.41, 5.74) is 5.32. The first-order valence-corrected chi connectivity index (χ1v) is 6.62. The minimum absolute atomic E-state index is 0.0523. The van der Waals surface area contributed by atoms with Gasteiger partial charge >= 0.3 is 12.0 Å². The Morgan fingerprint density at radius 3 is 2.50 bits per heavy atom. The van der Waals surface area contributed by atoms with Crippen LogP contribution in [0.1, 0.15) is 38.5 Å². The predicted octanol–water partition coefficient (Wildman–Crippen LogP) is 0.668. The quantitative estimate of drug-likeness (QED) is 0.525. The maximum Gasteiger partial charge on any atom is 0.326 e. The number of aliphatic carboxylic acids is 1. The Balaban J connectivity index is 2.41. The summed E-state index contributed by atoms with van der Waals surface area (Å²) in [6.45, 7) is 0.977. The lowest BCUT2D eigenvalue weighted by Crippen LogP contribution is -2.50. The third-order valence-electron chi connectivity index (χ3n) is 3.34. The molecule has 0 aromatic heterocycles. The van der Waals surface area contributed by atoms with Crippen molar-refractivity contribution < 1.29 is 14.7 Å². The van der Waals surface area contributed by atoms with Crippen molar-refractivity contribution in [1.82, 2.24) is 10.6 Å². The van der Waals surface area contributed by atoms with Crippen LogP contribution in [0.25, 0.3) is 0 Å². The Hall–Kier alpha value is -1.30. The Morgan fingerprint density at radius 1 is 1.28 bits per heavy atom. The molecule has 18 heavy (non-hydrogen) atoms. The fourth-order valence-electron chi connectivity index (χ4n) is 2.34. The molecule has 0 aromatic rings. The lowest BCUT2D eigenvalue weighted by atomic mass is 9.84. The molecule has 5 N–H and O–H groups in total. The molecule has 0 aromatic carbocycles. The zero-order valence-electron chi connectivity index (χ0n) is 10.7. The van der Waals surface area contributed by atoms with Gasteiger partial charge in [0.25, 0.3) is 0 Å². The molecule has 104 valence electrons. The Labute approximate surface area is 107 Å². The van der Waals surface area contributed by atoms with Crippen LogP contribution in [-0.4, -0.2) is 36.2 Å². The van der Waals surface area contributed by atoms with Gasteiger partial charge in [-0.2, -0.15) is 0 Å². The van der Waals surface area contributed by atoms with Crippen molar-refractivity contribution >= 4 is 12.0 Å². The van der Waals surface area contributed by atoms with Crippen LogP contribution in [0.2, 0.25) is 0 Å². The molecule has 2 amide bonds. The SMILES string of the molecule is NCCCNC(=O)NC(C(=O)O)C1CCCCC1. The van der Waals surface area contributed by atoms with Crippen molar-refractivity contribution in [3.63, 3.8) is 0 Å². The molecule has 1 rings (SSSR count). The normalized spacial score (nSPS) is 18.1. The molecule has 1 aliphatic carbocycles. The number of carboxylic acid groups (broad SMARTS) is 1. The van der Waals surface area contributed by atoms with Gasteiger partial charge in [-0.1, -0.05) is 19.3 Å². The molecule has 0 spiro atoms. The van der Waals surface area contributed by atoms with Gasteiger partial charge in [-0.25, -0.2) is 9.59 Å². The largest absolute Gasteiger partial charge is 0.480 e. The fraction of sp³-hybridized carbons (Fsp3) is 0.833. The minimum atomic E-state index is -0.948. The van der Waals surface area contributed by atoms with E-state index in [2.05, 4.69) is 10.6 Å². The highest BCUT2D eigenvalue weighted by Gasteiger charge is 2.30. The van der Waals surface area contributed by atoms with Gasteiger partial charge in [0.2, 0.25) is 0 Å². The van der Waals surface area contributed by atoms with E-state index in [1.54, 1.807) is 0 Å². The molecular weight excluding hydrogens is 234 g/mol. The molecular formula is C12H23N3O3. The summed E-state index contributed by atoms with van der Waals surface area (Å²) in [7, 11) is 0. The molecule has 0 saturated heterocycles. The van der Waals surface area contributed by atoms with Gasteiger partial charge in [0.1, 0.15) is 6.04 Å². The standard InChI is InChI=1S/C12H23N3O3/c13-7-4-8-14-12(18)15-10(11(16)17)9-5-2-1-3-6-9/h9-10H,1-8,13H2,(H,16,17)(H2,14,15,18). The van der Waals surface area contributed by atoms with E-state index in [1.807, 2.05) is 0 Å². The van der Waals surface area contributed by atoms with E-state index in [0.29, 0.717) is 19.5 Å². The maximum atomic E-state index is 11.5. The fourth-order valence-corrected chi connectivity index (χ4v) is 2.34. The van der Waals surface area contributed by atoms with Gasteiger partial charge in [0.15, 0.2) is 0 Å². The van der Waals surface area contributed by atoms with E-state index in [9.17, 15) is 14.7 Å². The molecule has 1 atom stereocenters. The molecule has 1 saturated carbocycles. The van der Waals surface area contributed by atoms with E-state index < -0.39 is 18.0 Å². The zero-order valence-corrected chi connectivity index (χ0v) is 10.7. The number of amides is 2.